The molecule has 0 spiro atoms. The van der Waals surface area contributed by atoms with E-state index < -0.39 is 0 Å². The van der Waals surface area contributed by atoms with Crippen molar-refractivity contribution in [1.29, 1.82) is 0 Å². The number of hydrogen-bond acceptors (Lipinski definition) is 1. The van der Waals surface area contributed by atoms with E-state index in [1.165, 1.54) is 38.2 Å². The Morgan fingerprint density at radius 1 is 1.30 bits per heavy atom. The van der Waals surface area contributed by atoms with Gasteiger partial charge in [0.15, 0.2) is 0 Å². The average Bonchev–Trinajstić information content (AvgIpc) is 2.43. The molecule has 3 heteroatoms. The van der Waals surface area contributed by atoms with E-state index in [9.17, 15) is 4.39 Å². The zero-order chi connectivity index (χ0) is 14.5. The van der Waals surface area contributed by atoms with Gasteiger partial charge in [-0.1, -0.05) is 49.0 Å². The number of hydrogen-bond donors (Lipinski definition) is 1. The number of halogens is 2. The predicted octanol–water partition coefficient (Wildman–Crippen LogP) is 5.46. The van der Waals surface area contributed by atoms with Crippen molar-refractivity contribution in [3.8, 4) is 0 Å². The van der Waals surface area contributed by atoms with Crippen molar-refractivity contribution in [2.24, 2.45) is 11.8 Å². The average molecular weight is 342 g/mol. The van der Waals surface area contributed by atoms with Gasteiger partial charge in [-0.3, -0.25) is 0 Å². The molecule has 112 valence electrons. The minimum Gasteiger partial charge on any atom is -0.310 e. The number of rotatable bonds is 5. The van der Waals surface area contributed by atoms with Gasteiger partial charge in [0, 0.05) is 10.5 Å². The van der Waals surface area contributed by atoms with E-state index in [0.717, 1.165) is 22.5 Å². The maximum absolute atomic E-state index is 13.7. The molecule has 1 aromatic carbocycles. The highest BCUT2D eigenvalue weighted by atomic mass is 79.9. The normalized spacial score (nSPS) is 24.6. The van der Waals surface area contributed by atoms with Crippen molar-refractivity contribution < 1.29 is 4.39 Å². The summed E-state index contributed by atoms with van der Waals surface area (Å²) >= 11 is 3.41. The van der Waals surface area contributed by atoms with Gasteiger partial charge in [0.2, 0.25) is 0 Å². The first kappa shape index (κ1) is 16.0. The Morgan fingerprint density at radius 3 is 2.75 bits per heavy atom. The van der Waals surface area contributed by atoms with Gasteiger partial charge >= 0.3 is 0 Å². The van der Waals surface area contributed by atoms with Gasteiger partial charge in [0.05, 0.1) is 0 Å². The monoisotopic (exact) mass is 341 g/mol. The molecule has 1 N–H and O–H groups in total. The van der Waals surface area contributed by atoms with Crippen molar-refractivity contribution in [2.45, 2.75) is 52.0 Å². The van der Waals surface area contributed by atoms with Crippen LogP contribution in [0.2, 0.25) is 0 Å². The Morgan fingerprint density at radius 2 is 2.10 bits per heavy atom. The summed E-state index contributed by atoms with van der Waals surface area (Å²) < 4.78 is 14.5. The van der Waals surface area contributed by atoms with Crippen LogP contribution in [0.4, 0.5) is 4.39 Å². The zero-order valence-electron chi connectivity index (χ0n) is 12.5. The van der Waals surface area contributed by atoms with Crippen LogP contribution < -0.4 is 5.32 Å². The molecule has 1 aliphatic carbocycles. The second kappa shape index (κ2) is 7.56. The Bertz CT molecular complexity index is 415. The van der Waals surface area contributed by atoms with Crippen LogP contribution in [0.25, 0.3) is 0 Å². The fraction of sp³-hybridized carbons (Fsp3) is 0.647. The van der Waals surface area contributed by atoms with Gasteiger partial charge in [0.25, 0.3) is 0 Å². The standard InChI is InChI=1S/C17H25BrFN/c1-3-12-6-5-7-13(8-12)17(20-4-2)14-9-15(18)11-16(19)10-14/h9-13,17,20H,3-8H2,1-2H3. The summed E-state index contributed by atoms with van der Waals surface area (Å²) in [6, 6.07) is 5.56. The van der Waals surface area contributed by atoms with E-state index in [4.69, 9.17) is 0 Å². The van der Waals surface area contributed by atoms with E-state index in [2.05, 4.69) is 41.2 Å². The highest BCUT2D eigenvalue weighted by Crippen LogP contribution is 2.39. The molecule has 0 saturated heterocycles. The lowest BCUT2D eigenvalue weighted by Crippen LogP contribution is -2.31. The van der Waals surface area contributed by atoms with Crippen LogP contribution in [0.1, 0.15) is 57.6 Å². The minimum absolute atomic E-state index is 0.153. The summed E-state index contributed by atoms with van der Waals surface area (Å²) in [5.74, 6) is 1.31. The molecule has 0 aromatic heterocycles. The Kier molecular flexibility index (Phi) is 6.03. The smallest absolute Gasteiger partial charge is 0.124 e. The summed E-state index contributed by atoms with van der Waals surface area (Å²) in [6.45, 7) is 5.33. The first-order valence-electron chi connectivity index (χ1n) is 7.83. The maximum Gasteiger partial charge on any atom is 0.124 e. The molecule has 0 amide bonds. The third-order valence-electron chi connectivity index (χ3n) is 4.54. The molecule has 0 radical (unpaired) electrons. The van der Waals surface area contributed by atoms with E-state index in [0.29, 0.717) is 5.92 Å². The van der Waals surface area contributed by atoms with Crippen LogP contribution in [0.15, 0.2) is 22.7 Å². The predicted molar refractivity (Wildman–Crippen MR) is 86.3 cm³/mol. The second-order valence-electron chi connectivity index (χ2n) is 5.94. The van der Waals surface area contributed by atoms with Crippen LogP contribution in [0.5, 0.6) is 0 Å². The highest BCUT2D eigenvalue weighted by Gasteiger charge is 2.28. The van der Waals surface area contributed by atoms with Gasteiger partial charge in [-0.2, -0.15) is 0 Å². The highest BCUT2D eigenvalue weighted by molar-refractivity contribution is 9.10. The van der Waals surface area contributed by atoms with E-state index in [1.807, 2.05) is 0 Å². The quantitative estimate of drug-likeness (QED) is 0.750. The fourth-order valence-corrected chi connectivity index (χ4v) is 4.02. The molecule has 1 aromatic rings. The van der Waals surface area contributed by atoms with Gasteiger partial charge in [0.1, 0.15) is 5.82 Å². The summed E-state index contributed by atoms with van der Waals surface area (Å²) in [5.41, 5.74) is 1.08. The first-order valence-corrected chi connectivity index (χ1v) is 8.62. The summed E-state index contributed by atoms with van der Waals surface area (Å²) in [7, 11) is 0. The Labute approximate surface area is 130 Å². The molecular weight excluding hydrogens is 317 g/mol. The zero-order valence-corrected chi connectivity index (χ0v) is 14.0. The molecule has 3 unspecified atom stereocenters. The molecule has 1 fully saturated rings. The molecule has 1 saturated carbocycles. The van der Waals surface area contributed by atoms with Gasteiger partial charge in [-0.25, -0.2) is 4.39 Å². The summed E-state index contributed by atoms with van der Waals surface area (Å²) in [6.07, 6.45) is 6.45. The molecule has 0 aliphatic heterocycles. The third kappa shape index (κ3) is 4.05. The van der Waals surface area contributed by atoms with Gasteiger partial charge < -0.3 is 5.32 Å². The Hall–Kier alpha value is -0.410. The van der Waals surface area contributed by atoms with E-state index in [1.54, 1.807) is 6.07 Å². The van der Waals surface area contributed by atoms with Gasteiger partial charge in [-0.15, -0.1) is 0 Å². The van der Waals surface area contributed by atoms with Gasteiger partial charge in [-0.05, 0) is 55.0 Å². The van der Waals surface area contributed by atoms with Crippen LogP contribution in [0, 0.1) is 17.7 Å². The lowest BCUT2D eigenvalue weighted by atomic mass is 9.75. The minimum atomic E-state index is -0.153. The molecule has 1 nitrogen and oxygen atoms in total. The SMILES string of the molecule is CCNC(c1cc(F)cc(Br)c1)C1CCCC(CC)C1. The van der Waals surface area contributed by atoms with Crippen LogP contribution in [0.3, 0.4) is 0 Å². The van der Waals surface area contributed by atoms with Crippen LogP contribution in [-0.4, -0.2) is 6.54 Å². The van der Waals surface area contributed by atoms with Crippen molar-refractivity contribution in [2.75, 3.05) is 6.54 Å². The number of nitrogens with one attached hydrogen (secondary N) is 1. The second-order valence-corrected chi connectivity index (χ2v) is 6.85. The molecule has 2 rings (SSSR count). The maximum atomic E-state index is 13.7. The molecule has 0 heterocycles. The van der Waals surface area contributed by atoms with E-state index >= 15 is 0 Å². The molecular formula is C17H25BrFN. The van der Waals surface area contributed by atoms with Crippen molar-refractivity contribution in [3.63, 3.8) is 0 Å². The lowest BCUT2D eigenvalue weighted by Gasteiger charge is -2.35. The molecule has 0 bridgehead atoms. The van der Waals surface area contributed by atoms with Crippen LogP contribution in [-0.2, 0) is 0 Å². The van der Waals surface area contributed by atoms with Crippen LogP contribution >= 0.6 is 15.9 Å². The summed E-state index contributed by atoms with van der Waals surface area (Å²) in [4.78, 5) is 0. The fourth-order valence-electron chi connectivity index (χ4n) is 3.54. The van der Waals surface area contributed by atoms with Crippen molar-refractivity contribution in [3.05, 3.63) is 34.1 Å². The molecule has 3 atom stereocenters. The topological polar surface area (TPSA) is 12.0 Å². The van der Waals surface area contributed by atoms with Crippen molar-refractivity contribution in [1.82, 2.24) is 5.32 Å². The molecule has 20 heavy (non-hydrogen) atoms. The largest absolute Gasteiger partial charge is 0.310 e. The molecule has 1 aliphatic rings. The third-order valence-corrected chi connectivity index (χ3v) is 5.00. The van der Waals surface area contributed by atoms with Crippen molar-refractivity contribution >= 4 is 15.9 Å². The summed E-state index contributed by atoms with van der Waals surface area (Å²) in [5, 5.41) is 3.58. The lowest BCUT2D eigenvalue weighted by molar-refractivity contribution is 0.210. The van der Waals surface area contributed by atoms with E-state index in [-0.39, 0.29) is 11.9 Å². The Balaban J connectivity index is 2.21. The first-order chi connectivity index (χ1) is 9.63. The number of benzene rings is 1.